The Morgan fingerprint density at radius 2 is 1.76 bits per heavy atom. The maximum Gasteiger partial charge on any atom is 0.401 e. The van der Waals surface area contributed by atoms with Gasteiger partial charge in [-0.15, -0.1) is 0 Å². The molecule has 2 rings (SSSR count). The quantitative estimate of drug-likeness (QED) is 0.780. The second-order valence-corrected chi connectivity index (χ2v) is 6.76. The van der Waals surface area contributed by atoms with Crippen LogP contribution in [-0.4, -0.2) is 21.7 Å². The molecule has 2 N–H and O–H groups in total. The molecule has 3 nitrogen and oxygen atoms in total. The SMILES string of the molecule is C[C@@H]1CC[C@@H](C(C)(C)c2ccccc2)[C@H](O)C1.O=C(O)Cl. The van der Waals surface area contributed by atoms with Gasteiger partial charge in [0.1, 0.15) is 0 Å². The number of rotatable bonds is 2. The van der Waals surface area contributed by atoms with Crippen LogP contribution in [0.5, 0.6) is 0 Å². The Hall–Kier alpha value is -1.06. The Kier molecular flexibility index (Phi) is 6.69. The van der Waals surface area contributed by atoms with Gasteiger partial charge < -0.3 is 10.2 Å². The summed E-state index contributed by atoms with van der Waals surface area (Å²) in [5.74, 6) is 1.06. The van der Waals surface area contributed by atoms with Crippen LogP contribution < -0.4 is 0 Å². The van der Waals surface area contributed by atoms with Crippen molar-refractivity contribution in [2.24, 2.45) is 11.8 Å². The second kappa shape index (κ2) is 7.81. The molecule has 0 aliphatic heterocycles. The van der Waals surface area contributed by atoms with Gasteiger partial charge in [0.25, 0.3) is 0 Å². The highest BCUT2D eigenvalue weighted by Gasteiger charge is 2.38. The number of aliphatic hydroxyl groups excluding tert-OH is 1. The third kappa shape index (κ3) is 5.33. The predicted molar refractivity (Wildman–Crippen MR) is 85.9 cm³/mol. The van der Waals surface area contributed by atoms with Crippen LogP contribution >= 0.6 is 11.6 Å². The van der Waals surface area contributed by atoms with E-state index >= 15 is 0 Å². The lowest BCUT2D eigenvalue weighted by atomic mass is 9.64. The number of hydrogen-bond donors (Lipinski definition) is 2. The minimum absolute atomic E-state index is 0.0703. The molecule has 118 valence electrons. The van der Waals surface area contributed by atoms with Gasteiger partial charge in [0, 0.05) is 11.6 Å². The molecule has 21 heavy (non-hydrogen) atoms. The molecule has 1 aromatic carbocycles. The number of halogens is 1. The lowest BCUT2D eigenvalue weighted by Crippen LogP contribution is -2.41. The average molecular weight is 313 g/mol. The number of carboxylic acid groups (broad SMARTS) is 1. The largest absolute Gasteiger partial charge is 0.469 e. The summed E-state index contributed by atoms with van der Waals surface area (Å²) in [6.07, 6.45) is 3.21. The van der Waals surface area contributed by atoms with Crippen molar-refractivity contribution in [1.82, 2.24) is 0 Å². The molecule has 0 spiro atoms. The van der Waals surface area contributed by atoms with Crippen molar-refractivity contribution in [3.63, 3.8) is 0 Å². The molecule has 0 heterocycles. The van der Waals surface area contributed by atoms with E-state index in [9.17, 15) is 5.11 Å². The Balaban J connectivity index is 0.000000491. The van der Waals surface area contributed by atoms with E-state index in [0.29, 0.717) is 11.8 Å². The smallest absolute Gasteiger partial charge is 0.401 e. The molecule has 1 aliphatic rings. The van der Waals surface area contributed by atoms with Gasteiger partial charge in [0.15, 0.2) is 0 Å². The Labute approximate surface area is 131 Å². The van der Waals surface area contributed by atoms with Crippen molar-refractivity contribution in [1.29, 1.82) is 0 Å². The molecule has 3 atom stereocenters. The first-order valence-electron chi connectivity index (χ1n) is 7.37. The van der Waals surface area contributed by atoms with E-state index in [1.807, 2.05) is 0 Å². The van der Waals surface area contributed by atoms with E-state index in [1.54, 1.807) is 0 Å². The maximum atomic E-state index is 10.3. The molecule has 0 radical (unpaired) electrons. The number of carbonyl (C=O) groups is 1. The molecule has 1 aromatic rings. The number of benzene rings is 1. The van der Waals surface area contributed by atoms with Gasteiger partial charge in [0.2, 0.25) is 0 Å². The normalized spacial score (nSPS) is 25.7. The number of hydrogen-bond acceptors (Lipinski definition) is 2. The molecule has 0 unspecified atom stereocenters. The second-order valence-electron chi connectivity index (χ2n) is 6.43. The zero-order chi connectivity index (χ0) is 16.0. The third-order valence-corrected chi connectivity index (χ3v) is 4.52. The molecule has 4 heteroatoms. The van der Waals surface area contributed by atoms with Gasteiger partial charge in [-0.1, -0.05) is 57.5 Å². The summed E-state index contributed by atoms with van der Waals surface area (Å²) in [7, 11) is 0. The van der Waals surface area contributed by atoms with Crippen LogP contribution in [-0.2, 0) is 5.41 Å². The minimum atomic E-state index is -1.36. The molecule has 0 saturated heterocycles. The van der Waals surface area contributed by atoms with E-state index in [-0.39, 0.29) is 11.5 Å². The third-order valence-electron chi connectivity index (χ3n) is 4.52. The molecule has 0 amide bonds. The Morgan fingerprint density at radius 3 is 2.24 bits per heavy atom. The summed E-state index contributed by atoms with van der Waals surface area (Å²) < 4.78 is 0. The van der Waals surface area contributed by atoms with Crippen molar-refractivity contribution in [2.75, 3.05) is 0 Å². The molecule has 0 aromatic heterocycles. The van der Waals surface area contributed by atoms with E-state index in [0.717, 1.165) is 12.8 Å². The summed E-state index contributed by atoms with van der Waals surface area (Å²) in [5, 5.41) is 17.5. The molecular formula is C17H25ClO3. The summed E-state index contributed by atoms with van der Waals surface area (Å²) in [6, 6.07) is 10.6. The van der Waals surface area contributed by atoms with Crippen molar-refractivity contribution < 1.29 is 15.0 Å². The average Bonchev–Trinajstić information content (AvgIpc) is 2.38. The summed E-state index contributed by atoms with van der Waals surface area (Å²) in [4.78, 5) is 8.77. The number of aliphatic hydroxyl groups is 1. The lowest BCUT2D eigenvalue weighted by molar-refractivity contribution is 0.0143. The fraction of sp³-hybridized carbons (Fsp3) is 0.588. The van der Waals surface area contributed by atoms with Crippen molar-refractivity contribution in [3.8, 4) is 0 Å². The van der Waals surface area contributed by atoms with Crippen LogP contribution in [0.15, 0.2) is 30.3 Å². The molecule has 1 aliphatic carbocycles. The van der Waals surface area contributed by atoms with E-state index in [1.165, 1.54) is 12.0 Å². The van der Waals surface area contributed by atoms with Crippen molar-refractivity contribution in [2.45, 2.75) is 51.6 Å². The highest BCUT2D eigenvalue weighted by Crippen LogP contribution is 2.42. The van der Waals surface area contributed by atoms with Crippen LogP contribution in [0.25, 0.3) is 0 Å². The van der Waals surface area contributed by atoms with E-state index < -0.39 is 5.43 Å². The van der Waals surface area contributed by atoms with Crippen molar-refractivity contribution in [3.05, 3.63) is 35.9 Å². The van der Waals surface area contributed by atoms with Crippen LogP contribution in [0.4, 0.5) is 4.79 Å². The highest BCUT2D eigenvalue weighted by atomic mass is 35.5. The summed E-state index contributed by atoms with van der Waals surface area (Å²) in [5.41, 5.74) is 0.0551. The van der Waals surface area contributed by atoms with Gasteiger partial charge in [0.05, 0.1) is 6.10 Å². The summed E-state index contributed by atoms with van der Waals surface area (Å²) >= 11 is 4.19. The molecule has 1 saturated carbocycles. The molecular weight excluding hydrogens is 288 g/mol. The minimum Gasteiger partial charge on any atom is -0.469 e. The first-order chi connectivity index (χ1) is 9.75. The van der Waals surface area contributed by atoms with Gasteiger partial charge >= 0.3 is 5.43 Å². The zero-order valence-corrected chi connectivity index (χ0v) is 13.7. The molecule has 1 fully saturated rings. The lowest BCUT2D eigenvalue weighted by Gasteiger charge is -2.42. The van der Waals surface area contributed by atoms with Crippen LogP contribution in [0.2, 0.25) is 0 Å². The highest BCUT2D eigenvalue weighted by molar-refractivity contribution is 6.60. The van der Waals surface area contributed by atoms with Crippen LogP contribution in [0.3, 0.4) is 0 Å². The van der Waals surface area contributed by atoms with Gasteiger partial charge in [-0.2, -0.15) is 0 Å². The first-order valence-corrected chi connectivity index (χ1v) is 7.75. The fourth-order valence-electron chi connectivity index (χ4n) is 3.27. The van der Waals surface area contributed by atoms with Gasteiger partial charge in [-0.25, -0.2) is 4.79 Å². The zero-order valence-electron chi connectivity index (χ0n) is 12.9. The Morgan fingerprint density at radius 1 is 1.24 bits per heavy atom. The summed E-state index contributed by atoms with van der Waals surface area (Å²) in [6.45, 7) is 6.79. The first kappa shape index (κ1) is 18.0. The van der Waals surface area contributed by atoms with Gasteiger partial charge in [-0.05, 0) is 35.7 Å². The van der Waals surface area contributed by atoms with Crippen molar-refractivity contribution >= 4 is 17.0 Å². The molecule has 0 bridgehead atoms. The Bertz CT molecular complexity index is 441. The topological polar surface area (TPSA) is 57.5 Å². The maximum absolute atomic E-state index is 10.3. The van der Waals surface area contributed by atoms with Crippen LogP contribution in [0, 0.1) is 11.8 Å². The van der Waals surface area contributed by atoms with Gasteiger partial charge in [-0.3, -0.25) is 0 Å². The van der Waals surface area contributed by atoms with E-state index in [2.05, 4.69) is 62.7 Å². The van der Waals surface area contributed by atoms with Crippen LogP contribution in [0.1, 0.15) is 45.6 Å². The monoisotopic (exact) mass is 312 g/mol. The predicted octanol–water partition coefficient (Wildman–Crippen LogP) is 4.66. The fourth-order valence-corrected chi connectivity index (χ4v) is 3.27. The van der Waals surface area contributed by atoms with E-state index in [4.69, 9.17) is 9.90 Å². The standard InChI is InChI=1S/C16H24O.CHClO2/c1-12-9-10-14(15(17)11-12)16(2,3)13-7-5-4-6-8-13;2-1(3)4/h4-8,12,14-15,17H,9-11H2,1-3H3;(H,3,4)/t12-,14-,15-;/m1./s1.